The standard InChI is InChI=1S/C14H19FN2O/c1-17-8-2-3-13(17)10-16-14(18)9-11-4-6-12(15)7-5-11/h4-7,13H,2-3,8-10H2,1H3,(H,16,18). The first-order valence-electron chi connectivity index (χ1n) is 6.36. The number of carbonyl (C=O) groups is 1. The molecular weight excluding hydrogens is 231 g/mol. The number of carbonyl (C=O) groups excluding carboxylic acids is 1. The largest absolute Gasteiger partial charge is 0.354 e. The maximum atomic E-state index is 12.7. The molecule has 4 heteroatoms. The molecule has 1 heterocycles. The number of nitrogens with one attached hydrogen (secondary N) is 1. The van der Waals surface area contributed by atoms with Gasteiger partial charge in [0.1, 0.15) is 5.82 Å². The SMILES string of the molecule is CN1CCCC1CNC(=O)Cc1ccc(F)cc1. The van der Waals surface area contributed by atoms with E-state index in [0.29, 0.717) is 19.0 Å². The first-order chi connectivity index (χ1) is 8.65. The van der Waals surface area contributed by atoms with Crippen molar-refractivity contribution in [3.8, 4) is 0 Å². The summed E-state index contributed by atoms with van der Waals surface area (Å²) in [6.45, 7) is 1.81. The lowest BCUT2D eigenvalue weighted by atomic mass is 10.1. The van der Waals surface area contributed by atoms with Crippen LogP contribution in [0.5, 0.6) is 0 Å². The predicted molar refractivity (Wildman–Crippen MR) is 68.8 cm³/mol. The van der Waals surface area contributed by atoms with Crippen molar-refractivity contribution >= 4 is 5.91 Å². The molecule has 0 radical (unpaired) electrons. The van der Waals surface area contributed by atoms with Crippen LogP contribution in [0.25, 0.3) is 0 Å². The Hall–Kier alpha value is -1.42. The molecule has 0 saturated carbocycles. The van der Waals surface area contributed by atoms with Gasteiger partial charge in [0.05, 0.1) is 6.42 Å². The van der Waals surface area contributed by atoms with Gasteiger partial charge in [-0.2, -0.15) is 0 Å². The van der Waals surface area contributed by atoms with Crippen molar-refractivity contribution < 1.29 is 9.18 Å². The smallest absolute Gasteiger partial charge is 0.224 e. The van der Waals surface area contributed by atoms with Gasteiger partial charge in [0, 0.05) is 12.6 Å². The van der Waals surface area contributed by atoms with Crippen molar-refractivity contribution in [2.75, 3.05) is 20.1 Å². The normalized spacial score (nSPS) is 20.0. The third-order valence-corrected chi connectivity index (χ3v) is 3.48. The first kappa shape index (κ1) is 13.0. The molecule has 0 spiro atoms. The van der Waals surface area contributed by atoms with E-state index < -0.39 is 0 Å². The number of likely N-dealkylation sites (N-methyl/N-ethyl adjacent to an activating group) is 1. The summed E-state index contributed by atoms with van der Waals surface area (Å²) >= 11 is 0. The van der Waals surface area contributed by atoms with E-state index in [0.717, 1.165) is 18.5 Å². The maximum absolute atomic E-state index is 12.7. The average molecular weight is 250 g/mol. The maximum Gasteiger partial charge on any atom is 0.224 e. The molecule has 1 aliphatic heterocycles. The summed E-state index contributed by atoms with van der Waals surface area (Å²) in [5, 5.41) is 2.94. The molecule has 1 fully saturated rings. The molecule has 1 amide bonds. The summed E-state index contributed by atoms with van der Waals surface area (Å²) in [5.74, 6) is -0.270. The number of halogens is 1. The lowest BCUT2D eigenvalue weighted by molar-refractivity contribution is -0.120. The minimum atomic E-state index is -0.272. The summed E-state index contributed by atoms with van der Waals surface area (Å²) in [4.78, 5) is 14.0. The van der Waals surface area contributed by atoms with E-state index in [1.807, 2.05) is 0 Å². The molecule has 1 aliphatic rings. The zero-order chi connectivity index (χ0) is 13.0. The van der Waals surface area contributed by atoms with Crippen molar-refractivity contribution in [2.24, 2.45) is 0 Å². The molecule has 1 aromatic carbocycles. The minimum Gasteiger partial charge on any atom is -0.354 e. The van der Waals surface area contributed by atoms with E-state index in [1.165, 1.54) is 18.6 Å². The van der Waals surface area contributed by atoms with Crippen molar-refractivity contribution in [3.05, 3.63) is 35.6 Å². The lowest BCUT2D eigenvalue weighted by Gasteiger charge is -2.19. The van der Waals surface area contributed by atoms with Crippen LogP contribution in [0.4, 0.5) is 4.39 Å². The van der Waals surface area contributed by atoms with Crippen LogP contribution in [0.15, 0.2) is 24.3 Å². The second-order valence-electron chi connectivity index (χ2n) is 4.88. The summed E-state index contributed by atoms with van der Waals surface area (Å²) in [7, 11) is 2.09. The van der Waals surface area contributed by atoms with Crippen LogP contribution in [0.3, 0.4) is 0 Å². The Morgan fingerprint density at radius 2 is 2.17 bits per heavy atom. The van der Waals surface area contributed by atoms with Gasteiger partial charge in [0.2, 0.25) is 5.91 Å². The Bertz CT molecular complexity index is 405. The minimum absolute atomic E-state index is 0.00177. The third-order valence-electron chi connectivity index (χ3n) is 3.48. The molecule has 18 heavy (non-hydrogen) atoms. The Labute approximate surface area is 107 Å². The number of nitrogens with zero attached hydrogens (tertiary/aromatic N) is 1. The summed E-state index contributed by atoms with van der Waals surface area (Å²) in [6.07, 6.45) is 2.67. The molecule has 1 atom stereocenters. The van der Waals surface area contributed by atoms with Crippen LogP contribution in [0, 0.1) is 5.82 Å². The van der Waals surface area contributed by atoms with Crippen LogP contribution in [-0.2, 0) is 11.2 Å². The van der Waals surface area contributed by atoms with Gasteiger partial charge in [-0.05, 0) is 44.1 Å². The highest BCUT2D eigenvalue weighted by Crippen LogP contribution is 2.13. The van der Waals surface area contributed by atoms with Gasteiger partial charge in [-0.1, -0.05) is 12.1 Å². The Morgan fingerprint density at radius 1 is 1.44 bits per heavy atom. The van der Waals surface area contributed by atoms with Crippen LogP contribution in [-0.4, -0.2) is 37.0 Å². The van der Waals surface area contributed by atoms with Crippen LogP contribution < -0.4 is 5.32 Å². The fraction of sp³-hybridized carbons (Fsp3) is 0.500. The molecule has 1 N–H and O–H groups in total. The molecule has 2 rings (SSSR count). The van der Waals surface area contributed by atoms with Gasteiger partial charge in [0.15, 0.2) is 0 Å². The second-order valence-corrected chi connectivity index (χ2v) is 4.88. The molecular formula is C14H19FN2O. The zero-order valence-corrected chi connectivity index (χ0v) is 10.7. The summed E-state index contributed by atoms with van der Waals surface area (Å²) in [5.41, 5.74) is 0.841. The summed E-state index contributed by atoms with van der Waals surface area (Å²) in [6, 6.07) is 6.52. The average Bonchev–Trinajstić information content (AvgIpc) is 2.75. The summed E-state index contributed by atoms with van der Waals surface area (Å²) < 4.78 is 12.7. The molecule has 1 unspecified atom stereocenters. The van der Waals surface area contributed by atoms with Crippen LogP contribution in [0.1, 0.15) is 18.4 Å². The van der Waals surface area contributed by atoms with Crippen LogP contribution in [0.2, 0.25) is 0 Å². The van der Waals surface area contributed by atoms with E-state index in [9.17, 15) is 9.18 Å². The fourth-order valence-corrected chi connectivity index (χ4v) is 2.32. The highest BCUT2D eigenvalue weighted by Gasteiger charge is 2.20. The molecule has 3 nitrogen and oxygen atoms in total. The van der Waals surface area contributed by atoms with Gasteiger partial charge in [-0.3, -0.25) is 4.79 Å². The Morgan fingerprint density at radius 3 is 2.78 bits per heavy atom. The topological polar surface area (TPSA) is 32.3 Å². The van der Waals surface area contributed by atoms with Gasteiger partial charge in [-0.15, -0.1) is 0 Å². The number of benzene rings is 1. The first-order valence-corrected chi connectivity index (χ1v) is 6.36. The highest BCUT2D eigenvalue weighted by atomic mass is 19.1. The van der Waals surface area contributed by atoms with Gasteiger partial charge in [0.25, 0.3) is 0 Å². The Balaban J connectivity index is 1.76. The van der Waals surface area contributed by atoms with Gasteiger partial charge >= 0.3 is 0 Å². The molecule has 1 saturated heterocycles. The van der Waals surface area contributed by atoms with E-state index >= 15 is 0 Å². The molecule has 1 aromatic rings. The molecule has 98 valence electrons. The van der Waals surface area contributed by atoms with E-state index in [1.54, 1.807) is 12.1 Å². The zero-order valence-electron chi connectivity index (χ0n) is 10.7. The van der Waals surface area contributed by atoms with Crippen LogP contribution >= 0.6 is 0 Å². The molecule has 0 aromatic heterocycles. The number of rotatable bonds is 4. The highest BCUT2D eigenvalue weighted by molar-refractivity contribution is 5.78. The monoisotopic (exact) mass is 250 g/mol. The number of likely N-dealkylation sites (tertiary alicyclic amines) is 1. The van der Waals surface area contributed by atoms with Gasteiger partial charge < -0.3 is 10.2 Å². The van der Waals surface area contributed by atoms with Gasteiger partial charge in [-0.25, -0.2) is 4.39 Å². The fourth-order valence-electron chi connectivity index (χ4n) is 2.32. The predicted octanol–water partition coefficient (Wildman–Crippen LogP) is 1.58. The van der Waals surface area contributed by atoms with E-state index in [4.69, 9.17) is 0 Å². The number of hydrogen-bond acceptors (Lipinski definition) is 2. The second kappa shape index (κ2) is 5.96. The van der Waals surface area contributed by atoms with E-state index in [-0.39, 0.29) is 11.7 Å². The van der Waals surface area contributed by atoms with Crippen molar-refractivity contribution in [1.29, 1.82) is 0 Å². The molecule has 0 aliphatic carbocycles. The number of hydrogen-bond donors (Lipinski definition) is 1. The van der Waals surface area contributed by atoms with Crippen molar-refractivity contribution in [2.45, 2.75) is 25.3 Å². The third kappa shape index (κ3) is 3.53. The molecule has 0 bridgehead atoms. The van der Waals surface area contributed by atoms with Crippen molar-refractivity contribution in [1.82, 2.24) is 10.2 Å². The number of amides is 1. The quantitative estimate of drug-likeness (QED) is 0.880. The lowest BCUT2D eigenvalue weighted by Crippen LogP contribution is -2.38. The van der Waals surface area contributed by atoms with Crippen molar-refractivity contribution in [3.63, 3.8) is 0 Å². The van der Waals surface area contributed by atoms with E-state index in [2.05, 4.69) is 17.3 Å². The Kier molecular flexibility index (Phi) is 4.31.